The quantitative estimate of drug-likeness (QED) is 0.575. The molecule has 1 aliphatic heterocycles. The van der Waals surface area contributed by atoms with Gasteiger partial charge in [0.15, 0.2) is 0 Å². The Morgan fingerprint density at radius 1 is 1.00 bits per heavy atom. The van der Waals surface area contributed by atoms with E-state index in [1.807, 2.05) is 36.4 Å². The fourth-order valence-corrected chi connectivity index (χ4v) is 3.74. The molecule has 5 nitrogen and oxygen atoms in total. The first-order valence-electron chi connectivity index (χ1n) is 10.3. The summed E-state index contributed by atoms with van der Waals surface area (Å²) in [5.41, 5.74) is 3.72. The molecule has 4 rings (SSSR count). The third-order valence-electron chi connectivity index (χ3n) is 5.29. The summed E-state index contributed by atoms with van der Waals surface area (Å²) >= 11 is 0. The molecule has 0 bridgehead atoms. The highest BCUT2D eigenvalue weighted by Crippen LogP contribution is 2.33. The van der Waals surface area contributed by atoms with Crippen molar-refractivity contribution in [3.8, 4) is 11.1 Å². The minimum Gasteiger partial charge on any atom is -0.367 e. The number of anilines is 2. The summed E-state index contributed by atoms with van der Waals surface area (Å²) in [7, 11) is 0. The molecule has 0 spiro atoms. The van der Waals surface area contributed by atoms with Gasteiger partial charge in [-0.1, -0.05) is 30.3 Å². The van der Waals surface area contributed by atoms with Crippen LogP contribution in [0.1, 0.15) is 23.6 Å². The minimum atomic E-state index is -4.41. The summed E-state index contributed by atoms with van der Waals surface area (Å²) in [6.45, 7) is 1.67. The number of ether oxygens (including phenoxy) is 1. The molecule has 0 saturated heterocycles. The Morgan fingerprint density at radius 3 is 2.42 bits per heavy atom. The monoisotopic (exact) mass is 454 g/mol. The molecular weight excluding hydrogens is 433 g/mol. The molecule has 0 aromatic heterocycles. The van der Waals surface area contributed by atoms with Crippen LogP contribution in [-0.2, 0) is 33.7 Å². The first-order valence-corrected chi connectivity index (χ1v) is 10.3. The van der Waals surface area contributed by atoms with E-state index >= 15 is 0 Å². The highest BCUT2D eigenvalue weighted by atomic mass is 19.4. The van der Waals surface area contributed by atoms with E-state index in [9.17, 15) is 22.8 Å². The molecule has 3 aromatic rings. The minimum absolute atomic E-state index is 0.122. The van der Waals surface area contributed by atoms with E-state index in [0.29, 0.717) is 16.9 Å². The Balaban J connectivity index is 1.63. The second-order valence-corrected chi connectivity index (χ2v) is 7.77. The van der Waals surface area contributed by atoms with Gasteiger partial charge in [-0.15, -0.1) is 0 Å². The Kier molecular flexibility index (Phi) is 6.20. The predicted molar refractivity (Wildman–Crippen MR) is 118 cm³/mol. The third kappa shape index (κ3) is 5.23. The highest BCUT2D eigenvalue weighted by molar-refractivity contribution is 5.96. The second kappa shape index (κ2) is 9.07. The third-order valence-corrected chi connectivity index (χ3v) is 5.29. The van der Waals surface area contributed by atoms with E-state index in [1.165, 1.54) is 24.0 Å². The summed E-state index contributed by atoms with van der Waals surface area (Å²) in [5, 5.41) is 2.75. The van der Waals surface area contributed by atoms with Crippen molar-refractivity contribution in [3.63, 3.8) is 0 Å². The van der Waals surface area contributed by atoms with Crippen LogP contribution in [0.25, 0.3) is 11.1 Å². The second-order valence-electron chi connectivity index (χ2n) is 7.77. The first kappa shape index (κ1) is 22.5. The number of alkyl halides is 3. The zero-order valence-corrected chi connectivity index (χ0v) is 17.8. The van der Waals surface area contributed by atoms with Gasteiger partial charge in [-0.3, -0.25) is 9.59 Å². The van der Waals surface area contributed by atoms with Crippen LogP contribution in [0, 0.1) is 0 Å². The molecule has 8 heteroatoms. The van der Waals surface area contributed by atoms with Crippen LogP contribution in [0.15, 0.2) is 66.7 Å². The molecule has 33 heavy (non-hydrogen) atoms. The molecule has 170 valence electrons. The van der Waals surface area contributed by atoms with Crippen molar-refractivity contribution in [3.05, 3.63) is 83.4 Å². The molecule has 0 unspecified atom stereocenters. The number of halogens is 3. The van der Waals surface area contributed by atoms with E-state index < -0.39 is 11.7 Å². The van der Waals surface area contributed by atoms with Gasteiger partial charge in [-0.2, -0.15) is 13.2 Å². The molecule has 0 radical (unpaired) electrons. The maximum atomic E-state index is 12.9. The normalized spacial score (nSPS) is 13.9. The van der Waals surface area contributed by atoms with Crippen LogP contribution in [0.4, 0.5) is 24.5 Å². The van der Waals surface area contributed by atoms with E-state index in [-0.39, 0.29) is 31.6 Å². The fourth-order valence-electron chi connectivity index (χ4n) is 3.74. The molecule has 0 atom stereocenters. The maximum Gasteiger partial charge on any atom is 0.416 e. The van der Waals surface area contributed by atoms with Gasteiger partial charge in [-0.25, -0.2) is 0 Å². The SMILES string of the molecule is CC(=O)Nc1cccc(-c2ccc3c(c2)COCC(=O)N3Cc2ccc(C(F)(F)F)cc2)c1. The Hall–Kier alpha value is -3.65. The maximum absolute atomic E-state index is 12.9. The standard InChI is InChI=1S/C25H21F3N2O3/c1-16(31)29-22-4-2-3-18(12-22)19-7-10-23-20(11-19)14-33-15-24(32)30(23)13-17-5-8-21(9-6-17)25(26,27)28/h2-12H,13-15H2,1H3,(H,29,31). The molecule has 2 amide bonds. The lowest BCUT2D eigenvalue weighted by Gasteiger charge is -2.23. The summed E-state index contributed by atoms with van der Waals surface area (Å²) in [6.07, 6.45) is -4.41. The van der Waals surface area contributed by atoms with Gasteiger partial charge in [0.1, 0.15) is 6.61 Å². The van der Waals surface area contributed by atoms with Crippen molar-refractivity contribution < 1.29 is 27.5 Å². The number of amides is 2. The summed E-state index contributed by atoms with van der Waals surface area (Å²) in [4.78, 5) is 25.6. The van der Waals surface area contributed by atoms with E-state index in [4.69, 9.17) is 4.74 Å². The van der Waals surface area contributed by atoms with Crippen molar-refractivity contribution in [1.29, 1.82) is 0 Å². The largest absolute Gasteiger partial charge is 0.416 e. The Morgan fingerprint density at radius 2 is 1.73 bits per heavy atom. The van der Waals surface area contributed by atoms with Gasteiger partial charge in [0, 0.05) is 23.9 Å². The van der Waals surface area contributed by atoms with Crippen molar-refractivity contribution in [2.45, 2.75) is 26.3 Å². The van der Waals surface area contributed by atoms with Crippen LogP contribution in [0.5, 0.6) is 0 Å². The smallest absolute Gasteiger partial charge is 0.367 e. The first-order chi connectivity index (χ1) is 15.7. The number of hydrogen-bond acceptors (Lipinski definition) is 3. The molecule has 1 heterocycles. The van der Waals surface area contributed by atoms with Crippen molar-refractivity contribution in [2.24, 2.45) is 0 Å². The van der Waals surface area contributed by atoms with Crippen molar-refractivity contribution in [2.75, 3.05) is 16.8 Å². The van der Waals surface area contributed by atoms with Gasteiger partial charge in [0.25, 0.3) is 5.91 Å². The number of rotatable bonds is 4. The van der Waals surface area contributed by atoms with Crippen LogP contribution in [0.3, 0.4) is 0 Å². The number of nitrogens with one attached hydrogen (secondary N) is 1. The number of nitrogens with zero attached hydrogens (tertiary/aromatic N) is 1. The van der Waals surface area contributed by atoms with Crippen molar-refractivity contribution >= 4 is 23.2 Å². The Bertz CT molecular complexity index is 1190. The summed E-state index contributed by atoms with van der Waals surface area (Å²) in [5.74, 6) is -0.436. The molecule has 1 N–H and O–H groups in total. The van der Waals surface area contributed by atoms with Crippen LogP contribution >= 0.6 is 0 Å². The van der Waals surface area contributed by atoms with E-state index in [2.05, 4.69) is 5.32 Å². The zero-order chi connectivity index (χ0) is 23.6. The summed E-state index contributed by atoms with van der Waals surface area (Å²) in [6, 6.07) is 17.8. The Labute approximate surface area is 188 Å². The molecule has 0 aliphatic carbocycles. The highest BCUT2D eigenvalue weighted by Gasteiger charge is 2.30. The number of carbonyl (C=O) groups excluding carboxylic acids is 2. The number of hydrogen-bond donors (Lipinski definition) is 1. The number of benzene rings is 3. The van der Waals surface area contributed by atoms with Crippen LogP contribution in [-0.4, -0.2) is 18.4 Å². The van der Waals surface area contributed by atoms with Crippen LogP contribution < -0.4 is 10.2 Å². The predicted octanol–water partition coefficient (Wildman–Crippen LogP) is 5.39. The molecule has 3 aromatic carbocycles. The number of fused-ring (bicyclic) bond motifs is 1. The lowest BCUT2D eigenvalue weighted by Crippen LogP contribution is -2.32. The molecule has 1 aliphatic rings. The fraction of sp³-hybridized carbons (Fsp3) is 0.200. The molecule has 0 fully saturated rings. The van der Waals surface area contributed by atoms with Crippen LogP contribution in [0.2, 0.25) is 0 Å². The average Bonchev–Trinajstić information content (AvgIpc) is 2.91. The summed E-state index contributed by atoms with van der Waals surface area (Å²) < 4.78 is 44.1. The lowest BCUT2D eigenvalue weighted by molar-refractivity contribution is -0.137. The van der Waals surface area contributed by atoms with Gasteiger partial charge < -0.3 is 15.0 Å². The lowest BCUT2D eigenvalue weighted by atomic mass is 10.0. The van der Waals surface area contributed by atoms with Crippen molar-refractivity contribution in [1.82, 2.24) is 0 Å². The average molecular weight is 454 g/mol. The number of carbonyl (C=O) groups is 2. The van der Waals surface area contributed by atoms with E-state index in [0.717, 1.165) is 28.8 Å². The zero-order valence-electron chi connectivity index (χ0n) is 17.8. The van der Waals surface area contributed by atoms with Gasteiger partial charge >= 0.3 is 6.18 Å². The van der Waals surface area contributed by atoms with Gasteiger partial charge in [0.2, 0.25) is 5.91 Å². The van der Waals surface area contributed by atoms with Gasteiger partial charge in [0.05, 0.1) is 18.7 Å². The molecular formula is C25H21F3N2O3. The topological polar surface area (TPSA) is 58.6 Å². The molecule has 0 saturated carbocycles. The van der Waals surface area contributed by atoms with Gasteiger partial charge in [-0.05, 0) is 53.1 Å². The van der Waals surface area contributed by atoms with E-state index in [1.54, 1.807) is 6.07 Å².